The van der Waals surface area contributed by atoms with Crippen LogP contribution in [0.15, 0.2) is 36.4 Å². The lowest BCUT2D eigenvalue weighted by Gasteiger charge is -2.09. The second kappa shape index (κ2) is 8.04. The fourth-order valence-electron chi connectivity index (χ4n) is 1.93. The first-order valence-electron chi connectivity index (χ1n) is 7.04. The highest BCUT2D eigenvalue weighted by molar-refractivity contribution is 6.35. The van der Waals surface area contributed by atoms with E-state index in [0.29, 0.717) is 15.6 Å². The first kappa shape index (κ1) is 18.1. The van der Waals surface area contributed by atoms with E-state index in [1.54, 1.807) is 31.2 Å². The van der Waals surface area contributed by atoms with E-state index in [0.717, 1.165) is 5.56 Å². The summed E-state index contributed by atoms with van der Waals surface area (Å²) in [5, 5.41) is 13.2. The smallest absolute Gasteiger partial charge is 0.342 e. The summed E-state index contributed by atoms with van der Waals surface area (Å²) in [5.41, 5.74) is 1.50. The van der Waals surface area contributed by atoms with Crippen molar-refractivity contribution in [3.05, 3.63) is 63.1 Å². The van der Waals surface area contributed by atoms with Gasteiger partial charge in [0.2, 0.25) is 0 Å². The number of nitrogens with one attached hydrogen (secondary N) is 1. The minimum Gasteiger partial charge on any atom is -0.507 e. The SMILES string of the molecule is Cc1ccc(O)c(C(=O)OCC(=O)NCc2ccc(Cl)cc2Cl)c1. The lowest BCUT2D eigenvalue weighted by atomic mass is 10.1. The van der Waals surface area contributed by atoms with Crippen LogP contribution in [0.3, 0.4) is 0 Å². The maximum absolute atomic E-state index is 11.9. The van der Waals surface area contributed by atoms with E-state index in [-0.39, 0.29) is 17.9 Å². The van der Waals surface area contributed by atoms with Gasteiger partial charge in [-0.25, -0.2) is 4.79 Å². The van der Waals surface area contributed by atoms with Crippen LogP contribution in [0, 0.1) is 6.92 Å². The molecule has 0 atom stereocenters. The second-order valence-electron chi connectivity index (χ2n) is 5.11. The Hall–Kier alpha value is -2.24. The van der Waals surface area contributed by atoms with Gasteiger partial charge in [0, 0.05) is 16.6 Å². The summed E-state index contributed by atoms with van der Waals surface area (Å²) >= 11 is 11.8. The van der Waals surface area contributed by atoms with Gasteiger partial charge in [0.15, 0.2) is 6.61 Å². The molecule has 7 heteroatoms. The van der Waals surface area contributed by atoms with Crippen LogP contribution in [-0.2, 0) is 16.1 Å². The molecule has 1 amide bonds. The third-order valence-electron chi connectivity index (χ3n) is 3.20. The average Bonchev–Trinajstić information content (AvgIpc) is 2.54. The zero-order valence-corrected chi connectivity index (χ0v) is 14.3. The topological polar surface area (TPSA) is 75.6 Å². The molecule has 2 N–H and O–H groups in total. The largest absolute Gasteiger partial charge is 0.507 e. The molecule has 0 aliphatic heterocycles. The predicted octanol–water partition coefficient (Wildman–Crippen LogP) is 3.48. The molecule has 0 heterocycles. The molecule has 2 aromatic rings. The standard InChI is InChI=1S/C17H15Cl2NO4/c1-10-2-5-15(21)13(6-10)17(23)24-9-16(22)20-8-11-3-4-12(18)7-14(11)19/h2-7,21H,8-9H2,1H3,(H,20,22). The molecule has 0 aromatic heterocycles. The van der Waals surface area contributed by atoms with E-state index >= 15 is 0 Å². The summed E-state index contributed by atoms with van der Waals surface area (Å²) in [4.78, 5) is 23.7. The zero-order chi connectivity index (χ0) is 17.7. The minimum absolute atomic E-state index is 0.0172. The summed E-state index contributed by atoms with van der Waals surface area (Å²) in [6.45, 7) is 1.50. The Labute approximate surface area is 149 Å². The number of rotatable bonds is 5. The highest BCUT2D eigenvalue weighted by atomic mass is 35.5. The van der Waals surface area contributed by atoms with Gasteiger partial charge in [-0.2, -0.15) is 0 Å². The Bertz CT molecular complexity index is 777. The molecule has 0 aliphatic rings. The predicted molar refractivity (Wildman–Crippen MR) is 91.4 cm³/mol. The van der Waals surface area contributed by atoms with Crippen LogP contribution in [0.5, 0.6) is 5.75 Å². The number of ether oxygens (including phenoxy) is 1. The fraction of sp³-hybridized carbons (Fsp3) is 0.176. The number of esters is 1. The molecule has 2 rings (SSSR count). The van der Waals surface area contributed by atoms with Crippen molar-refractivity contribution >= 4 is 35.1 Å². The lowest BCUT2D eigenvalue weighted by molar-refractivity contribution is -0.124. The summed E-state index contributed by atoms with van der Waals surface area (Å²) in [7, 11) is 0. The molecule has 0 radical (unpaired) electrons. The Morgan fingerprint density at radius 3 is 2.62 bits per heavy atom. The number of hydrogen-bond acceptors (Lipinski definition) is 4. The van der Waals surface area contributed by atoms with Gasteiger partial charge in [0.05, 0.1) is 0 Å². The van der Waals surface area contributed by atoms with E-state index in [1.807, 2.05) is 0 Å². The number of halogens is 2. The molecule has 0 unspecified atom stereocenters. The second-order valence-corrected chi connectivity index (χ2v) is 5.95. The maximum atomic E-state index is 11.9. The minimum atomic E-state index is -0.768. The number of amides is 1. The fourth-order valence-corrected chi connectivity index (χ4v) is 2.41. The molecule has 0 fully saturated rings. The summed E-state index contributed by atoms with van der Waals surface area (Å²) in [5.74, 6) is -1.45. The van der Waals surface area contributed by atoms with Crippen LogP contribution >= 0.6 is 23.2 Å². The molecule has 2 aromatic carbocycles. The first-order valence-corrected chi connectivity index (χ1v) is 7.80. The molecular weight excluding hydrogens is 353 g/mol. The van der Waals surface area contributed by atoms with Gasteiger partial charge in [-0.05, 0) is 36.8 Å². The number of aryl methyl sites for hydroxylation is 1. The monoisotopic (exact) mass is 367 g/mol. The first-order chi connectivity index (χ1) is 11.4. The molecule has 0 bridgehead atoms. The van der Waals surface area contributed by atoms with Crippen LogP contribution < -0.4 is 5.32 Å². The molecule has 126 valence electrons. The van der Waals surface area contributed by atoms with Crippen LogP contribution in [-0.4, -0.2) is 23.6 Å². The third kappa shape index (κ3) is 4.88. The normalized spacial score (nSPS) is 10.3. The van der Waals surface area contributed by atoms with Crippen molar-refractivity contribution in [2.75, 3.05) is 6.61 Å². The van der Waals surface area contributed by atoms with Gasteiger partial charge in [-0.3, -0.25) is 4.79 Å². The number of benzene rings is 2. The van der Waals surface area contributed by atoms with Crippen molar-refractivity contribution in [1.29, 1.82) is 0 Å². The van der Waals surface area contributed by atoms with E-state index in [4.69, 9.17) is 27.9 Å². The highest BCUT2D eigenvalue weighted by Crippen LogP contribution is 2.21. The van der Waals surface area contributed by atoms with Gasteiger partial charge in [-0.15, -0.1) is 0 Å². The van der Waals surface area contributed by atoms with Crippen LogP contribution in [0.25, 0.3) is 0 Å². The summed E-state index contributed by atoms with van der Waals surface area (Å²) in [6, 6.07) is 9.48. The molecule has 0 saturated carbocycles. The van der Waals surface area contributed by atoms with E-state index in [9.17, 15) is 14.7 Å². The van der Waals surface area contributed by atoms with Crippen molar-refractivity contribution < 1.29 is 19.4 Å². The third-order valence-corrected chi connectivity index (χ3v) is 3.78. The van der Waals surface area contributed by atoms with Gasteiger partial charge in [-0.1, -0.05) is 40.9 Å². The number of aromatic hydroxyl groups is 1. The quantitative estimate of drug-likeness (QED) is 0.793. The Morgan fingerprint density at radius 2 is 1.92 bits per heavy atom. The lowest BCUT2D eigenvalue weighted by Crippen LogP contribution is -2.28. The Morgan fingerprint density at radius 1 is 1.17 bits per heavy atom. The molecule has 0 spiro atoms. The molecular formula is C17H15Cl2NO4. The molecule has 0 aliphatic carbocycles. The zero-order valence-electron chi connectivity index (χ0n) is 12.8. The van der Waals surface area contributed by atoms with Crippen molar-refractivity contribution in [3.63, 3.8) is 0 Å². The van der Waals surface area contributed by atoms with Crippen molar-refractivity contribution in [2.45, 2.75) is 13.5 Å². The van der Waals surface area contributed by atoms with Crippen LogP contribution in [0.2, 0.25) is 10.0 Å². The van der Waals surface area contributed by atoms with Crippen molar-refractivity contribution in [3.8, 4) is 5.75 Å². The Balaban J connectivity index is 1.86. The molecule has 0 saturated heterocycles. The van der Waals surface area contributed by atoms with Crippen LogP contribution in [0.4, 0.5) is 0 Å². The average molecular weight is 368 g/mol. The number of hydrogen-bond donors (Lipinski definition) is 2. The number of phenols is 1. The van der Waals surface area contributed by atoms with Crippen LogP contribution in [0.1, 0.15) is 21.5 Å². The highest BCUT2D eigenvalue weighted by Gasteiger charge is 2.14. The molecule has 5 nitrogen and oxygen atoms in total. The number of carbonyl (C=O) groups is 2. The van der Waals surface area contributed by atoms with Gasteiger partial charge < -0.3 is 15.2 Å². The van der Waals surface area contributed by atoms with Gasteiger partial charge in [0.1, 0.15) is 11.3 Å². The van der Waals surface area contributed by atoms with Gasteiger partial charge >= 0.3 is 5.97 Å². The number of phenolic OH excluding ortho intramolecular Hbond substituents is 1. The van der Waals surface area contributed by atoms with Gasteiger partial charge in [0.25, 0.3) is 5.91 Å². The maximum Gasteiger partial charge on any atom is 0.342 e. The van der Waals surface area contributed by atoms with E-state index in [1.165, 1.54) is 12.1 Å². The Kier molecular flexibility index (Phi) is 6.06. The van der Waals surface area contributed by atoms with Crippen molar-refractivity contribution in [1.82, 2.24) is 5.32 Å². The molecule has 24 heavy (non-hydrogen) atoms. The summed E-state index contributed by atoms with van der Waals surface area (Å²) < 4.78 is 4.90. The van der Waals surface area contributed by atoms with E-state index < -0.39 is 18.5 Å². The summed E-state index contributed by atoms with van der Waals surface area (Å²) in [6.07, 6.45) is 0. The number of carbonyl (C=O) groups excluding carboxylic acids is 2. The van der Waals surface area contributed by atoms with Crippen molar-refractivity contribution in [2.24, 2.45) is 0 Å². The van der Waals surface area contributed by atoms with E-state index in [2.05, 4.69) is 5.32 Å².